The summed E-state index contributed by atoms with van der Waals surface area (Å²) in [7, 11) is 0. The molecule has 3 nitrogen and oxygen atoms in total. The summed E-state index contributed by atoms with van der Waals surface area (Å²) in [5, 5.41) is 3.83. The highest BCUT2D eigenvalue weighted by molar-refractivity contribution is 5.60. The predicted octanol–water partition coefficient (Wildman–Crippen LogP) is 3.34. The summed E-state index contributed by atoms with van der Waals surface area (Å²) in [5.74, 6) is 1.27. The van der Waals surface area contributed by atoms with Crippen molar-refractivity contribution in [3.8, 4) is 11.5 Å². The van der Waals surface area contributed by atoms with E-state index in [0.29, 0.717) is 11.7 Å². The van der Waals surface area contributed by atoms with Crippen molar-refractivity contribution >= 4 is 0 Å². The molecule has 0 N–H and O–H groups in total. The van der Waals surface area contributed by atoms with Gasteiger partial charge in [-0.1, -0.05) is 44.1 Å². The smallest absolute Gasteiger partial charge is 0.258 e. The monoisotopic (exact) mass is 216 g/mol. The lowest BCUT2D eigenvalue weighted by molar-refractivity contribution is 0.424. The molecule has 2 aromatic rings. The number of benzene rings is 1. The highest BCUT2D eigenvalue weighted by Crippen LogP contribution is 2.31. The maximum Gasteiger partial charge on any atom is 0.258 e. The maximum absolute atomic E-state index is 5.23. The molecule has 0 aliphatic rings. The zero-order valence-electron chi connectivity index (χ0n) is 10.1. The Balaban J connectivity index is 2.57. The normalized spacial score (nSPS) is 11.8. The third kappa shape index (κ3) is 1.98. The minimum Gasteiger partial charge on any atom is -0.334 e. The molecule has 0 spiro atoms. The van der Waals surface area contributed by atoms with Crippen molar-refractivity contribution < 1.29 is 4.52 Å². The van der Waals surface area contributed by atoms with E-state index in [1.807, 2.05) is 25.1 Å². The molecule has 0 unspecified atom stereocenters. The standard InChI is InChI=1S/C13H16N2O/c1-9-14-12(16-15-9)10-7-5-6-8-11(10)13(2,3)4/h5-8H,1-4H3. The first kappa shape index (κ1) is 10.9. The van der Waals surface area contributed by atoms with Crippen LogP contribution in [-0.2, 0) is 5.41 Å². The van der Waals surface area contributed by atoms with Crippen LogP contribution in [0.25, 0.3) is 11.5 Å². The summed E-state index contributed by atoms with van der Waals surface area (Å²) in [5.41, 5.74) is 2.31. The SMILES string of the molecule is Cc1noc(-c2ccccc2C(C)(C)C)n1. The van der Waals surface area contributed by atoms with Gasteiger partial charge in [-0.3, -0.25) is 0 Å². The van der Waals surface area contributed by atoms with E-state index in [-0.39, 0.29) is 5.41 Å². The average molecular weight is 216 g/mol. The lowest BCUT2D eigenvalue weighted by Crippen LogP contribution is -2.12. The van der Waals surface area contributed by atoms with Gasteiger partial charge in [0.2, 0.25) is 0 Å². The predicted molar refractivity (Wildman–Crippen MR) is 63.2 cm³/mol. The quantitative estimate of drug-likeness (QED) is 0.733. The molecule has 84 valence electrons. The van der Waals surface area contributed by atoms with Gasteiger partial charge >= 0.3 is 0 Å². The molecule has 0 amide bonds. The molecule has 3 heteroatoms. The zero-order valence-corrected chi connectivity index (χ0v) is 10.1. The highest BCUT2D eigenvalue weighted by Gasteiger charge is 2.20. The second-order valence-corrected chi connectivity index (χ2v) is 4.94. The van der Waals surface area contributed by atoms with E-state index < -0.39 is 0 Å². The molecule has 0 saturated heterocycles. The van der Waals surface area contributed by atoms with Crippen molar-refractivity contribution in [1.29, 1.82) is 0 Å². The van der Waals surface area contributed by atoms with Crippen LogP contribution in [0.1, 0.15) is 32.2 Å². The first-order valence-electron chi connectivity index (χ1n) is 5.38. The van der Waals surface area contributed by atoms with Crippen LogP contribution in [0, 0.1) is 6.92 Å². The molecule has 1 aromatic carbocycles. The van der Waals surface area contributed by atoms with E-state index in [0.717, 1.165) is 5.56 Å². The Morgan fingerprint density at radius 1 is 1.12 bits per heavy atom. The first-order valence-corrected chi connectivity index (χ1v) is 5.38. The fraction of sp³-hybridized carbons (Fsp3) is 0.385. The van der Waals surface area contributed by atoms with E-state index in [1.165, 1.54) is 5.56 Å². The number of aryl methyl sites for hydroxylation is 1. The number of nitrogens with zero attached hydrogens (tertiary/aromatic N) is 2. The van der Waals surface area contributed by atoms with Crippen LogP contribution in [-0.4, -0.2) is 10.1 Å². The van der Waals surface area contributed by atoms with Crippen molar-refractivity contribution in [2.24, 2.45) is 0 Å². The van der Waals surface area contributed by atoms with Crippen LogP contribution in [0.4, 0.5) is 0 Å². The van der Waals surface area contributed by atoms with E-state index in [2.05, 4.69) is 37.0 Å². The molecule has 0 bridgehead atoms. The van der Waals surface area contributed by atoms with E-state index in [9.17, 15) is 0 Å². The van der Waals surface area contributed by atoms with Crippen molar-refractivity contribution in [2.75, 3.05) is 0 Å². The van der Waals surface area contributed by atoms with Crippen LogP contribution in [0.15, 0.2) is 28.8 Å². The third-order valence-corrected chi connectivity index (χ3v) is 2.49. The molecule has 0 aliphatic carbocycles. The van der Waals surface area contributed by atoms with E-state index in [4.69, 9.17) is 4.52 Å². The number of aromatic nitrogens is 2. The molecule has 16 heavy (non-hydrogen) atoms. The summed E-state index contributed by atoms with van der Waals surface area (Å²) >= 11 is 0. The fourth-order valence-electron chi connectivity index (χ4n) is 1.73. The van der Waals surface area contributed by atoms with Gasteiger partial charge in [-0.05, 0) is 24.0 Å². The Morgan fingerprint density at radius 3 is 2.38 bits per heavy atom. The molecule has 1 heterocycles. The Labute approximate surface area is 95.5 Å². The van der Waals surface area contributed by atoms with E-state index >= 15 is 0 Å². The molecule has 0 aliphatic heterocycles. The van der Waals surface area contributed by atoms with Crippen LogP contribution in [0.2, 0.25) is 0 Å². The summed E-state index contributed by atoms with van der Waals surface area (Å²) in [6, 6.07) is 8.15. The van der Waals surface area contributed by atoms with Crippen LogP contribution in [0.3, 0.4) is 0 Å². The van der Waals surface area contributed by atoms with Gasteiger partial charge in [0, 0.05) is 5.56 Å². The number of hydrogen-bond donors (Lipinski definition) is 0. The second kappa shape index (κ2) is 3.74. The Hall–Kier alpha value is -1.64. The molecule has 0 saturated carbocycles. The summed E-state index contributed by atoms with van der Waals surface area (Å²) in [6.07, 6.45) is 0. The summed E-state index contributed by atoms with van der Waals surface area (Å²) in [6.45, 7) is 8.35. The third-order valence-electron chi connectivity index (χ3n) is 2.49. The molecule has 1 aromatic heterocycles. The largest absolute Gasteiger partial charge is 0.334 e. The van der Waals surface area contributed by atoms with Gasteiger partial charge in [-0.2, -0.15) is 4.98 Å². The van der Waals surface area contributed by atoms with Crippen LogP contribution >= 0.6 is 0 Å². The summed E-state index contributed by atoms with van der Waals surface area (Å²) < 4.78 is 5.23. The van der Waals surface area contributed by atoms with Crippen molar-refractivity contribution in [3.05, 3.63) is 35.7 Å². The molecule has 0 radical (unpaired) electrons. The molecular formula is C13H16N2O. The second-order valence-electron chi connectivity index (χ2n) is 4.94. The Morgan fingerprint density at radius 2 is 1.81 bits per heavy atom. The van der Waals surface area contributed by atoms with Gasteiger partial charge < -0.3 is 4.52 Å². The summed E-state index contributed by atoms with van der Waals surface area (Å²) in [4.78, 5) is 4.28. The van der Waals surface area contributed by atoms with Gasteiger partial charge in [0.15, 0.2) is 5.82 Å². The molecular weight excluding hydrogens is 200 g/mol. The number of rotatable bonds is 1. The molecule has 2 rings (SSSR count). The van der Waals surface area contributed by atoms with E-state index in [1.54, 1.807) is 0 Å². The number of hydrogen-bond acceptors (Lipinski definition) is 3. The van der Waals surface area contributed by atoms with Gasteiger partial charge in [0.1, 0.15) is 0 Å². The van der Waals surface area contributed by atoms with Gasteiger partial charge in [0.05, 0.1) is 0 Å². The van der Waals surface area contributed by atoms with Gasteiger partial charge in [0.25, 0.3) is 5.89 Å². The van der Waals surface area contributed by atoms with Gasteiger partial charge in [-0.15, -0.1) is 0 Å². The minimum atomic E-state index is 0.0684. The average Bonchev–Trinajstić information content (AvgIpc) is 2.64. The zero-order chi connectivity index (χ0) is 11.8. The Bertz CT molecular complexity index is 495. The lowest BCUT2D eigenvalue weighted by Gasteiger charge is -2.21. The highest BCUT2D eigenvalue weighted by atomic mass is 16.5. The minimum absolute atomic E-state index is 0.0684. The molecule has 0 atom stereocenters. The van der Waals surface area contributed by atoms with Crippen LogP contribution in [0.5, 0.6) is 0 Å². The first-order chi connectivity index (χ1) is 7.48. The van der Waals surface area contributed by atoms with Crippen molar-refractivity contribution in [1.82, 2.24) is 10.1 Å². The lowest BCUT2D eigenvalue weighted by atomic mass is 9.84. The van der Waals surface area contributed by atoms with Crippen molar-refractivity contribution in [3.63, 3.8) is 0 Å². The van der Waals surface area contributed by atoms with Gasteiger partial charge in [-0.25, -0.2) is 0 Å². The topological polar surface area (TPSA) is 38.9 Å². The van der Waals surface area contributed by atoms with Crippen LogP contribution < -0.4 is 0 Å². The Kier molecular flexibility index (Phi) is 2.54. The maximum atomic E-state index is 5.23. The van der Waals surface area contributed by atoms with Crippen molar-refractivity contribution in [2.45, 2.75) is 33.1 Å². The fourth-order valence-corrected chi connectivity index (χ4v) is 1.73. The molecule has 0 fully saturated rings.